The first kappa shape index (κ1) is 21.1. The van der Waals surface area contributed by atoms with E-state index in [4.69, 9.17) is 9.47 Å². The lowest BCUT2D eigenvalue weighted by molar-refractivity contribution is -0.145. The van der Waals surface area contributed by atoms with Crippen LogP contribution in [0.25, 0.3) is 10.2 Å². The Labute approximate surface area is 175 Å². The van der Waals surface area contributed by atoms with Crippen LogP contribution < -0.4 is 10.3 Å². The van der Waals surface area contributed by atoms with Gasteiger partial charge in [-0.3, -0.25) is 19.0 Å². The van der Waals surface area contributed by atoms with Crippen LogP contribution in [-0.4, -0.2) is 40.8 Å². The standard InChI is InChI=1S/C20H20N2O5S2/c1-3-27-17(24)10-14(23)12-29-20-21-16-8-9-28-18(16)19(25)22(20)11-13-4-6-15(26-2)7-5-13/h4-9H,3,10-12H2,1-2H3. The SMILES string of the molecule is CCOC(=O)CC(=O)CSc1nc2ccsc2c(=O)n1Cc1ccc(OC)cc1. The van der Waals surface area contributed by atoms with Crippen molar-refractivity contribution < 1.29 is 19.1 Å². The molecule has 7 nitrogen and oxygen atoms in total. The molecular formula is C20H20N2O5S2. The van der Waals surface area contributed by atoms with Crippen LogP contribution in [0.3, 0.4) is 0 Å². The summed E-state index contributed by atoms with van der Waals surface area (Å²) in [5, 5.41) is 2.26. The Balaban J connectivity index is 1.84. The summed E-state index contributed by atoms with van der Waals surface area (Å²) in [7, 11) is 1.59. The number of aromatic nitrogens is 2. The molecule has 9 heteroatoms. The van der Waals surface area contributed by atoms with Crippen LogP contribution in [0.2, 0.25) is 0 Å². The van der Waals surface area contributed by atoms with Gasteiger partial charge < -0.3 is 9.47 Å². The van der Waals surface area contributed by atoms with Crippen molar-refractivity contribution in [2.24, 2.45) is 0 Å². The second kappa shape index (κ2) is 9.71. The second-order valence-corrected chi connectivity index (χ2v) is 7.94. The fourth-order valence-corrected chi connectivity index (χ4v) is 4.29. The molecule has 0 aliphatic rings. The zero-order chi connectivity index (χ0) is 20.8. The molecule has 1 aromatic carbocycles. The van der Waals surface area contributed by atoms with Gasteiger partial charge in [-0.05, 0) is 36.1 Å². The Hall–Kier alpha value is -2.65. The first-order valence-electron chi connectivity index (χ1n) is 8.93. The number of Topliss-reactive ketones (excluding diaryl/α,β-unsaturated/α-hetero) is 1. The number of carbonyl (C=O) groups is 2. The number of ether oxygens (including phenoxy) is 2. The molecule has 0 fully saturated rings. The van der Waals surface area contributed by atoms with Gasteiger partial charge >= 0.3 is 5.97 Å². The van der Waals surface area contributed by atoms with E-state index in [1.807, 2.05) is 29.6 Å². The minimum Gasteiger partial charge on any atom is -0.497 e. The van der Waals surface area contributed by atoms with Crippen molar-refractivity contribution in [2.75, 3.05) is 19.5 Å². The molecule has 152 valence electrons. The highest BCUT2D eigenvalue weighted by Gasteiger charge is 2.16. The van der Waals surface area contributed by atoms with E-state index in [2.05, 4.69) is 4.98 Å². The maximum Gasteiger partial charge on any atom is 0.313 e. The van der Waals surface area contributed by atoms with Gasteiger partial charge in [0.25, 0.3) is 5.56 Å². The summed E-state index contributed by atoms with van der Waals surface area (Å²) in [6.45, 7) is 2.24. The molecule has 0 bridgehead atoms. The molecule has 0 aliphatic heterocycles. The number of hydrogen-bond donors (Lipinski definition) is 0. The Morgan fingerprint density at radius 2 is 1.97 bits per heavy atom. The first-order chi connectivity index (χ1) is 14.0. The average Bonchev–Trinajstić information content (AvgIpc) is 3.18. The fourth-order valence-electron chi connectivity index (χ4n) is 2.66. The third-order valence-corrected chi connectivity index (χ3v) is 5.97. The van der Waals surface area contributed by atoms with Gasteiger partial charge in [0, 0.05) is 0 Å². The second-order valence-electron chi connectivity index (χ2n) is 6.08. The van der Waals surface area contributed by atoms with Crippen LogP contribution in [0, 0.1) is 0 Å². The molecule has 0 spiro atoms. The summed E-state index contributed by atoms with van der Waals surface area (Å²) in [5.74, 6) is -0.0602. The van der Waals surface area contributed by atoms with E-state index in [1.165, 1.54) is 11.3 Å². The highest BCUT2D eigenvalue weighted by molar-refractivity contribution is 7.99. The van der Waals surface area contributed by atoms with Crippen LogP contribution in [0.5, 0.6) is 5.75 Å². The molecule has 0 radical (unpaired) electrons. The average molecular weight is 433 g/mol. The number of benzene rings is 1. The Kier molecular flexibility index (Phi) is 7.05. The lowest BCUT2D eigenvalue weighted by Gasteiger charge is -2.12. The maximum absolute atomic E-state index is 13.0. The molecule has 0 unspecified atom stereocenters. The van der Waals surface area contributed by atoms with Crippen LogP contribution in [0.4, 0.5) is 0 Å². The van der Waals surface area contributed by atoms with Gasteiger partial charge in [0.05, 0.1) is 31.5 Å². The van der Waals surface area contributed by atoms with E-state index >= 15 is 0 Å². The number of fused-ring (bicyclic) bond motifs is 1. The van der Waals surface area contributed by atoms with Crippen molar-refractivity contribution in [3.63, 3.8) is 0 Å². The largest absolute Gasteiger partial charge is 0.497 e. The van der Waals surface area contributed by atoms with Crippen molar-refractivity contribution in [2.45, 2.75) is 25.0 Å². The minimum atomic E-state index is -0.546. The molecule has 0 saturated carbocycles. The molecular weight excluding hydrogens is 412 g/mol. The maximum atomic E-state index is 13.0. The number of ketones is 1. The molecule has 2 aromatic heterocycles. The van der Waals surface area contributed by atoms with E-state index in [-0.39, 0.29) is 30.1 Å². The lowest BCUT2D eigenvalue weighted by Crippen LogP contribution is -2.23. The molecule has 3 rings (SSSR count). The number of nitrogens with zero attached hydrogens (tertiary/aromatic N) is 2. The molecule has 0 amide bonds. The van der Waals surface area contributed by atoms with E-state index in [1.54, 1.807) is 24.7 Å². The first-order valence-corrected chi connectivity index (χ1v) is 10.8. The zero-order valence-corrected chi connectivity index (χ0v) is 17.7. The number of esters is 1. The lowest BCUT2D eigenvalue weighted by atomic mass is 10.2. The molecule has 0 aliphatic carbocycles. The summed E-state index contributed by atoms with van der Waals surface area (Å²) >= 11 is 2.49. The van der Waals surface area contributed by atoms with Gasteiger partial charge in [0.1, 0.15) is 16.9 Å². The van der Waals surface area contributed by atoms with Crippen molar-refractivity contribution in [3.8, 4) is 5.75 Å². The summed E-state index contributed by atoms with van der Waals surface area (Å²) in [6.07, 6.45) is -0.287. The fraction of sp³-hybridized carbons (Fsp3) is 0.300. The highest BCUT2D eigenvalue weighted by atomic mass is 32.2. The molecule has 2 heterocycles. The van der Waals surface area contributed by atoms with Crippen LogP contribution in [0.1, 0.15) is 18.9 Å². The zero-order valence-electron chi connectivity index (χ0n) is 16.0. The van der Waals surface area contributed by atoms with Gasteiger partial charge in [-0.1, -0.05) is 23.9 Å². The molecule has 0 N–H and O–H groups in total. The molecule has 0 atom stereocenters. The summed E-state index contributed by atoms with van der Waals surface area (Å²) in [4.78, 5) is 41.1. The normalized spacial score (nSPS) is 10.8. The van der Waals surface area contributed by atoms with E-state index in [9.17, 15) is 14.4 Å². The summed E-state index contributed by atoms with van der Waals surface area (Å²) < 4.78 is 12.1. The van der Waals surface area contributed by atoms with Gasteiger partial charge in [-0.2, -0.15) is 0 Å². The summed E-state index contributed by atoms with van der Waals surface area (Å²) in [6, 6.07) is 9.19. The van der Waals surface area contributed by atoms with Crippen molar-refractivity contribution in [1.29, 1.82) is 0 Å². The summed E-state index contributed by atoms with van der Waals surface area (Å²) in [5.41, 5.74) is 1.36. The van der Waals surface area contributed by atoms with Crippen LogP contribution in [0.15, 0.2) is 45.7 Å². The van der Waals surface area contributed by atoms with Crippen molar-refractivity contribution >= 4 is 45.1 Å². The van der Waals surface area contributed by atoms with Gasteiger partial charge in [0.2, 0.25) is 0 Å². The van der Waals surface area contributed by atoms with E-state index < -0.39 is 5.97 Å². The highest BCUT2D eigenvalue weighted by Crippen LogP contribution is 2.22. The predicted molar refractivity (Wildman–Crippen MR) is 113 cm³/mol. The van der Waals surface area contributed by atoms with Crippen molar-refractivity contribution in [1.82, 2.24) is 9.55 Å². The monoisotopic (exact) mass is 432 g/mol. The number of thiophene rings is 1. The number of carbonyl (C=O) groups excluding carboxylic acids is 2. The van der Waals surface area contributed by atoms with Crippen LogP contribution >= 0.6 is 23.1 Å². The smallest absolute Gasteiger partial charge is 0.313 e. The Morgan fingerprint density at radius 3 is 2.66 bits per heavy atom. The predicted octanol–water partition coefficient (Wildman–Crippen LogP) is 3.13. The van der Waals surface area contributed by atoms with Gasteiger partial charge in [-0.25, -0.2) is 4.98 Å². The van der Waals surface area contributed by atoms with Crippen molar-refractivity contribution in [3.05, 3.63) is 51.6 Å². The van der Waals surface area contributed by atoms with Crippen LogP contribution in [-0.2, 0) is 20.9 Å². The number of methoxy groups -OCH3 is 1. The third kappa shape index (κ3) is 5.24. The number of thioether (sulfide) groups is 1. The van der Waals surface area contributed by atoms with Gasteiger partial charge in [0.15, 0.2) is 10.9 Å². The molecule has 3 aromatic rings. The Morgan fingerprint density at radius 1 is 1.21 bits per heavy atom. The van der Waals surface area contributed by atoms with Gasteiger partial charge in [-0.15, -0.1) is 11.3 Å². The minimum absolute atomic E-state index is 0.0313. The number of rotatable bonds is 9. The third-order valence-electron chi connectivity index (χ3n) is 4.04. The number of hydrogen-bond acceptors (Lipinski definition) is 8. The Bertz CT molecular complexity index is 1070. The molecule has 29 heavy (non-hydrogen) atoms. The van der Waals surface area contributed by atoms with E-state index in [0.717, 1.165) is 23.1 Å². The van der Waals surface area contributed by atoms with E-state index in [0.29, 0.717) is 21.9 Å². The topological polar surface area (TPSA) is 87.5 Å². The molecule has 0 saturated heterocycles. The quantitative estimate of drug-likeness (QED) is 0.222.